The number of piperidine rings is 1. The molecule has 0 amide bonds. The van der Waals surface area contributed by atoms with Gasteiger partial charge in [-0.1, -0.05) is 5.16 Å². The van der Waals surface area contributed by atoms with Crippen molar-refractivity contribution >= 4 is 0 Å². The van der Waals surface area contributed by atoms with E-state index in [-0.39, 0.29) is 6.04 Å². The lowest BCUT2D eigenvalue weighted by atomic mass is 9.97. The molecule has 16 heavy (non-hydrogen) atoms. The van der Waals surface area contributed by atoms with Gasteiger partial charge in [0.1, 0.15) is 0 Å². The van der Waals surface area contributed by atoms with E-state index in [9.17, 15) is 0 Å². The third-order valence-corrected chi connectivity index (χ3v) is 3.35. The number of aromatic nitrogens is 2. The predicted octanol–water partition coefficient (Wildman–Crippen LogP) is 1.16. The Bertz CT molecular complexity index is 330. The molecule has 1 aliphatic heterocycles. The molecule has 90 valence electrons. The summed E-state index contributed by atoms with van der Waals surface area (Å²) in [4.78, 5) is 6.81. The van der Waals surface area contributed by atoms with Crippen LogP contribution in [0, 0.1) is 0 Å². The number of nitrogens with zero attached hydrogens (tertiary/aromatic N) is 3. The van der Waals surface area contributed by atoms with Gasteiger partial charge in [-0.3, -0.25) is 0 Å². The first-order valence-electron chi connectivity index (χ1n) is 5.90. The molecule has 0 spiro atoms. The van der Waals surface area contributed by atoms with Gasteiger partial charge in [-0.15, -0.1) is 0 Å². The fourth-order valence-electron chi connectivity index (χ4n) is 1.97. The molecule has 0 radical (unpaired) electrons. The standard InChI is InChI=1S/C11H20N4O/c1-8(12-2)10-13-11(16-14-10)9-4-6-15(3)7-5-9/h8-9,12H,4-7H2,1-3H3. The lowest BCUT2D eigenvalue weighted by molar-refractivity contribution is 0.227. The molecule has 0 aromatic carbocycles. The van der Waals surface area contributed by atoms with Crippen molar-refractivity contribution < 1.29 is 4.52 Å². The van der Waals surface area contributed by atoms with Gasteiger partial charge in [0, 0.05) is 5.92 Å². The number of hydrogen-bond acceptors (Lipinski definition) is 5. The molecule has 1 unspecified atom stereocenters. The maximum atomic E-state index is 5.34. The van der Waals surface area contributed by atoms with Gasteiger partial charge in [-0.25, -0.2) is 0 Å². The number of hydrogen-bond donors (Lipinski definition) is 1. The molecule has 1 N–H and O–H groups in total. The Hall–Kier alpha value is -0.940. The summed E-state index contributed by atoms with van der Waals surface area (Å²) in [6, 6.07) is 0.156. The molecule has 0 aliphatic carbocycles. The molecule has 1 aromatic rings. The van der Waals surface area contributed by atoms with Crippen molar-refractivity contribution in [3.05, 3.63) is 11.7 Å². The van der Waals surface area contributed by atoms with E-state index in [4.69, 9.17) is 4.52 Å². The Labute approximate surface area is 96.2 Å². The summed E-state index contributed by atoms with van der Waals surface area (Å²) in [5, 5.41) is 7.13. The molecule has 5 nitrogen and oxygen atoms in total. The van der Waals surface area contributed by atoms with Gasteiger partial charge in [0.15, 0.2) is 5.82 Å². The van der Waals surface area contributed by atoms with Crippen LogP contribution in [0.5, 0.6) is 0 Å². The Morgan fingerprint density at radius 1 is 1.44 bits per heavy atom. The van der Waals surface area contributed by atoms with Crippen molar-refractivity contribution in [1.82, 2.24) is 20.4 Å². The van der Waals surface area contributed by atoms with Gasteiger partial charge < -0.3 is 14.7 Å². The third kappa shape index (κ3) is 2.41. The largest absolute Gasteiger partial charge is 0.339 e. The van der Waals surface area contributed by atoms with Crippen LogP contribution in [0.4, 0.5) is 0 Å². The predicted molar refractivity (Wildman–Crippen MR) is 61.2 cm³/mol. The van der Waals surface area contributed by atoms with Gasteiger partial charge >= 0.3 is 0 Å². The summed E-state index contributed by atoms with van der Waals surface area (Å²) < 4.78 is 5.34. The highest BCUT2D eigenvalue weighted by molar-refractivity contribution is 4.98. The second-order valence-corrected chi connectivity index (χ2v) is 4.58. The third-order valence-electron chi connectivity index (χ3n) is 3.35. The fourth-order valence-corrected chi connectivity index (χ4v) is 1.97. The molecule has 5 heteroatoms. The Morgan fingerprint density at radius 2 is 2.12 bits per heavy atom. The molecular formula is C11H20N4O. The van der Waals surface area contributed by atoms with E-state index in [1.165, 1.54) is 0 Å². The molecule has 1 aromatic heterocycles. The molecule has 1 aliphatic rings. The Balaban J connectivity index is 2.01. The maximum absolute atomic E-state index is 5.34. The van der Waals surface area contributed by atoms with Gasteiger partial charge in [0.05, 0.1) is 6.04 Å². The summed E-state index contributed by atoms with van der Waals surface area (Å²) in [5.41, 5.74) is 0. The highest BCUT2D eigenvalue weighted by Gasteiger charge is 2.24. The zero-order valence-corrected chi connectivity index (χ0v) is 10.2. The van der Waals surface area contributed by atoms with E-state index in [0.29, 0.717) is 5.92 Å². The Morgan fingerprint density at radius 3 is 2.75 bits per heavy atom. The molecular weight excluding hydrogens is 204 g/mol. The summed E-state index contributed by atoms with van der Waals surface area (Å²) in [7, 11) is 4.05. The van der Waals surface area contributed by atoms with Crippen LogP contribution >= 0.6 is 0 Å². The topological polar surface area (TPSA) is 54.2 Å². The van der Waals surface area contributed by atoms with Gasteiger partial charge in [0.2, 0.25) is 5.89 Å². The molecule has 1 saturated heterocycles. The minimum absolute atomic E-state index is 0.156. The van der Waals surface area contributed by atoms with Crippen LogP contribution in [-0.2, 0) is 0 Å². The van der Waals surface area contributed by atoms with Crippen molar-refractivity contribution in [3.63, 3.8) is 0 Å². The molecule has 1 fully saturated rings. The lowest BCUT2D eigenvalue weighted by Crippen LogP contribution is -2.29. The minimum atomic E-state index is 0.156. The van der Waals surface area contributed by atoms with Crippen molar-refractivity contribution in [1.29, 1.82) is 0 Å². The minimum Gasteiger partial charge on any atom is -0.339 e. The maximum Gasteiger partial charge on any atom is 0.229 e. The highest BCUT2D eigenvalue weighted by Crippen LogP contribution is 2.26. The first-order valence-corrected chi connectivity index (χ1v) is 5.90. The van der Waals surface area contributed by atoms with Crippen LogP contribution < -0.4 is 5.32 Å². The fraction of sp³-hybridized carbons (Fsp3) is 0.818. The highest BCUT2D eigenvalue weighted by atomic mass is 16.5. The van der Waals surface area contributed by atoms with E-state index >= 15 is 0 Å². The second kappa shape index (κ2) is 4.93. The van der Waals surface area contributed by atoms with Crippen molar-refractivity contribution in [2.45, 2.75) is 31.7 Å². The number of nitrogens with one attached hydrogen (secondary N) is 1. The van der Waals surface area contributed by atoms with Crippen molar-refractivity contribution in [2.75, 3.05) is 27.2 Å². The number of rotatable bonds is 3. The molecule has 2 rings (SSSR count). The summed E-state index contributed by atoms with van der Waals surface area (Å²) >= 11 is 0. The van der Waals surface area contributed by atoms with Crippen LogP contribution in [0.25, 0.3) is 0 Å². The molecule has 1 atom stereocenters. The second-order valence-electron chi connectivity index (χ2n) is 4.58. The summed E-state index contributed by atoms with van der Waals surface area (Å²) in [6.45, 7) is 4.26. The first-order chi connectivity index (χ1) is 7.70. The monoisotopic (exact) mass is 224 g/mol. The van der Waals surface area contributed by atoms with E-state index < -0.39 is 0 Å². The van der Waals surface area contributed by atoms with Crippen molar-refractivity contribution in [3.8, 4) is 0 Å². The lowest BCUT2D eigenvalue weighted by Gasteiger charge is -2.26. The summed E-state index contributed by atoms with van der Waals surface area (Å²) in [5.74, 6) is 2.02. The molecule has 2 heterocycles. The van der Waals surface area contributed by atoms with Crippen LogP contribution in [0.15, 0.2) is 4.52 Å². The zero-order valence-electron chi connectivity index (χ0n) is 10.2. The zero-order chi connectivity index (χ0) is 11.5. The van der Waals surface area contributed by atoms with Gasteiger partial charge in [-0.05, 0) is 47.0 Å². The van der Waals surface area contributed by atoms with Gasteiger partial charge in [-0.2, -0.15) is 4.98 Å². The molecule has 0 saturated carbocycles. The van der Waals surface area contributed by atoms with E-state index in [1.54, 1.807) is 0 Å². The Kier molecular flexibility index (Phi) is 3.56. The van der Waals surface area contributed by atoms with E-state index in [2.05, 4.69) is 27.4 Å². The van der Waals surface area contributed by atoms with E-state index in [0.717, 1.165) is 37.6 Å². The number of likely N-dealkylation sites (tertiary alicyclic amines) is 1. The normalized spacial score (nSPS) is 21.2. The van der Waals surface area contributed by atoms with Gasteiger partial charge in [0.25, 0.3) is 0 Å². The first kappa shape index (κ1) is 11.5. The summed E-state index contributed by atoms with van der Waals surface area (Å²) in [6.07, 6.45) is 2.23. The van der Waals surface area contributed by atoms with E-state index in [1.807, 2.05) is 14.0 Å². The molecule has 0 bridgehead atoms. The average Bonchev–Trinajstić information content (AvgIpc) is 2.78. The van der Waals surface area contributed by atoms with Crippen LogP contribution in [0.2, 0.25) is 0 Å². The van der Waals surface area contributed by atoms with Crippen LogP contribution in [-0.4, -0.2) is 42.2 Å². The average molecular weight is 224 g/mol. The smallest absolute Gasteiger partial charge is 0.229 e. The van der Waals surface area contributed by atoms with Crippen LogP contribution in [0.1, 0.15) is 43.4 Å². The van der Waals surface area contributed by atoms with Crippen LogP contribution in [0.3, 0.4) is 0 Å². The van der Waals surface area contributed by atoms with Crippen molar-refractivity contribution in [2.24, 2.45) is 0 Å². The SMILES string of the molecule is CNC(C)c1noc(C2CCN(C)CC2)n1. The quantitative estimate of drug-likeness (QED) is 0.835.